The van der Waals surface area contributed by atoms with Crippen molar-refractivity contribution in [1.82, 2.24) is 0 Å². The molecule has 0 bridgehead atoms. The molecule has 18 heavy (non-hydrogen) atoms. The molecule has 1 atom stereocenters. The molecule has 0 heterocycles. The van der Waals surface area contributed by atoms with Gasteiger partial charge in [0.25, 0.3) is 0 Å². The van der Waals surface area contributed by atoms with Gasteiger partial charge in [0.1, 0.15) is 5.78 Å². The van der Waals surface area contributed by atoms with Gasteiger partial charge in [0.15, 0.2) is 8.32 Å². The van der Waals surface area contributed by atoms with E-state index in [1.165, 1.54) is 0 Å². The molecule has 108 valence electrons. The van der Waals surface area contributed by atoms with Crippen molar-refractivity contribution in [3.05, 3.63) is 0 Å². The van der Waals surface area contributed by atoms with Crippen LogP contribution in [0.2, 0.25) is 16.6 Å². The Morgan fingerprint density at radius 2 is 1.33 bits per heavy atom. The maximum atomic E-state index is 11.7. The van der Waals surface area contributed by atoms with E-state index in [0.717, 1.165) is 0 Å². The molecule has 0 saturated carbocycles. The van der Waals surface area contributed by atoms with Crippen LogP contribution in [0.1, 0.15) is 61.8 Å². The minimum Gasteiger partial charge on any atom is -0.415 e. The highest BCUT2D eigenvalue weighted by atomic mass is 28.4. The molecule has 0 amide bonds. The average Bonchev–Trinajstić information content (AvgIpc) is 2.26. The molecule has 0 fully saturated rings. The maximum Gasteiger partial charge on any atom is 0.200 e. The minimum absolute atomic E-state index is 0.0399. The van der Waals surface area contributed by atoms with Crippen LogP contribution >= 0.6 is 0 Å². The Hall–Kier alpha value is -0.153. The number of Topliss-reactive ketones (excluding diaryl/α,β-unsaturated/α-hetero) is 1. The summed E-state index contributed by atoms with van der Waals surface area (Å²) in [7, 11) is -1.80. The van der Waals surface area contributed by atoms with Crippen LogP contribution in [-0.4, -0.2) is 20.7 Å². The van der Waals surface area contributed by atoms with Crippen molar-refractivity contribution >= 4 is 14.1 Å². The molecule has 0 radical (unpaired) electrons. The molecule has 0 aliphatic carbocycles. The van der Waals surface area contributed by atoms with E-state index in [4.69, 9.17) is 4.43 Å². The van der Waals surface area contributed by atoms with Gasteiger partial charge in [-0.25, -0.2) is 0 Å². The van der Waals surface area contributed by atoms with Crippen molar-refractivity contribution in [2.24, 2.45) is 5.92 Å². The molecular weight excluding hydrogens is 240 g/mol. The number of ketones is 1. The van der Waals surface area contributed by atoms with E-state index in [-0.39, 0.29) is 5.92 Å². The molecule has 0 rings (SSSR count). The lowest BCUT2D eigenvalue weighted by molar-refractivity contribution is -0.123. The normalized spacial score (nSPS) is 14.6. The first-order valence-electron chi connectivity index (χ1n) is 7.36. The summed E-state index contributed by atoms with van der Waals surface area (Å²) in [4.78, 5) is 11.7. The van der Waals surface area contributed by atoms with Crippen molar-refractivity contribution < 1.29 is 9.22 Å². The third-order valence-electron chi connectivity index (χ3n) is 4.19. The molecule has 3 heteroatoms. The predicted octanol–water partition coefficient (Wildman–Crippen LogP) is 4.79. The van der Waals surface area contributed by atoms with Gasteiger partial charge in [-0.3, -0.25) is 4.79 Å². The predicted molar refractivity (Wildman–Crippen MR) is 81.5 cm³/mol. The van der Waals surface area contributed by atoms with Gasteiger partial charge in [-0.15, -0.1) is 0 Å². The highest BCUT2D eigenvalue weighted by Gasteiger charge is 2.45. The molecule has 0 N–H and O–H groups in total. The third kappa shape index (κ3) is 3.92. The van der Waals surface area contributed by atoms with E-state index >= 15 is 0 Å². The number of hydrogen-bond acceptors (Lipinski definition) is 2. The number of rotatable bonds is 8. The van der Waals surface area contributed by atoms with Gasteiger partial charge in [-0.2, -0.15) is 0 Å². The summed E-state index contributed by atoms with van der Waals surface area (Å²) in [5.41, 5.74) is 1.75. The lowest BCUT2D eigenvalue weighted by Crippen LogP contribution is -2.48. The van der Waals surface area contributed by atoms with Crippen LogP contribution in [0.3, 0.4) is 0 Å². The zero-order valence-electron chi connectivity index (χ0n) is 13.5. The van der Waals surface area contributed by atoms with Crippen LogP contribution in [0.25, 0.3) is 0 Å². The molecule has 0 unspecified atom stereocenters. The zero-order chi connectivity index (χ0) is 14.5. The summed E-state index contributed by atoms with van der Waals surface area (Å²) in [6.07, 6.45) is 0.615. The van der Waals surface area contributed by atoms with Crippen molar-refractivity contribution in [3.8, 4) is 0 Å². The molecule has 0 aliphatic rings. The van der Waals surface area contributed by atoms with E-state index in [1.54, 1.807) is 0 Å². The van der Waals surface area contributed by atoms with Crippen molar-refractivity contribution in [2.75, 3.05) is 6.61 Å². The molecule has 0 aromatic heterocycles. The molecule has 2 nitrogen and oxygen atoms in total. The monoisotopic (exact) mass is 272 g/mol. The Bertz CT molecular complexity index is 237. The Kier molecular flexibility index (Phi) is 7.38. The summed E-state index contributed by atoms with van der Waals surface area (Å²) in [6, 6.07) is 0. The Balaban J connectivity index is 4.86. The van der Waals surface area contributed by atoms with Crippen molar-refractivity contribution in [3.63, 3.8) is 0 Å². The number of carbonyl (C=O) groups is 1. The topological polar surface area (TPSA) is 26.3 Å². The van der Waals surface area contributed by atoms with Gasteiger partial charge in [-0.1, -0.05) is 55.4 Å². The fraction of sp³-hybridized carbons (Fsp3) is 0.933. The zero-order valence-corrected chi connectivity index (χ0v) is 14.5. The molecule has 0 aromatic carbocycles. The minimum atomic E-state index is -1.80. The highest BCUT2D eigenvalue weighted by molar-refractivity contribution is 6.77. The van der Waals surface area contributed by atoms with Gasteiger partial charge in [0.2, 0.25) is 0 Å². The molecule has 0 spiro atoms. The molecule has 0 saturated heterocycles. The summed E-state index contributed by atoms with van der Waals surface area (Å²) >= 11 is 0. The highest BCUT2D eigenvalue weighted by Crippen LogP contribution is 2.42. The summed E-state index contributed by atoms with van der Waals surface area (Å²) in [5, 5.41) is 0. The largest absolute Gasteiger partial charge is 0.415 e. The lowest BCUT2D eigenvalue weighted by Gasteiger charge is -2.42. The van der Waals surface area contributed by atoms with Gasteiger partial charge in [0.05, 0.1) is 0 Å². The fourth-order valence-electron chi connectivity index (χ4n) is 3.21. The second-order valence-electron chi connectivity index (χ2n) is 6.35. The average molecular weight is 273 g/mol. The first-order valence-corrected chi connectivity index (χ1v) is 9.50. The van der Waals surface area contributed by atoms with E-state index in [0.29, 0.717) is 35.4 Å². The smallest absolute Gasteiger partial charge is 0.200 e. The number of hydrogen-bond donors (Lipinski definition) is 0. The van der Waals surface area contributed by atoms with Gasteiger partial charge >= 0.3 is 0 Å². The van der Waals surface area contributed by atoms with E-state index in [2.05, 4.69) is 41.5 Å². The van der Waals surface area contributed by atoms with Gasteiger partial charge in [0, 0.05) is 18.9 Å². The van der Waals surface area contributed by atoms with Gasteiger partial charge in [-0.05, 0) is 16.6 Å². The Morgan fingerprint density at radius 1 is 0.944 bits per heavy atom. The van der Waals surface area contributed by atoms with E-state index in [9.17, 15) is 4.79 Å². The molecule has 0 aliphatic heterocycles. The SMILES string of the molecule is CCC(=O)[C@@H](C)CO[Si](C(C)C)(C(C)C)C(C)C. The quantitative estimate of drug-likeness (QED) is 0.594. The second kappa shape index (κ2) is 7.44. The van der Waals surface area contributed by atoms with Crippen molar-refractivity contribution in [2.45, 2.75) is 78.4 Å². The Labute approximate surface area is 115 Å². The molecular formula is C15H32O2Si. The lowest BCUT2D eigenvalue weighted by atomic mass is 10.1. The first-order chi connectivity index (χ1) is 8.20. The molecule has 0 aromatic rings. The van der Waals surface area contributed by atoms with Crippen molar-refractivity contribution in [1.29, 1.82) is 0 Å². The van der Waals surface area contributed by atoms with Crippen LogP contribution in [0.4, 0.5) is 0 Å². The number of carbonyl (C=O) groups excluding carboxylic acids is 1. The summed E-state index contributed by atoms with van der Waals surface area (Å²) < 4.78 is 6.42. The van der Waals surface area contributed by atoms with Crippen LogP contribution in [0, 0.1) is 5.92 Å². The third-order valence-corrected chi connectivity index (χ3v) is 10.3. The Morgan fingerprint density at radius 3 is 1.61 bits per heavy atom. The second-order valence-corrected chi connectivity index (χ2v) is 11.8. The van der Waals surface area contributed by atoms with Crippen LogP contribution in [0.15, 0.2) is 0 Å². The standard InChI is InChI=1S/C15H32O2Si/c1-9-15(16)14(8)10-17-18(11(2)3,12(4)5)13(6)7/h11-14H,9-10H2,1-8H3/t14-/m0/s1. The van der Waals surface area contributed by atoms with Gasteiger partial charge < -0.3 is 4.43 Å². The van der Waals surface area contributed by atoms with E-state index < -0.39 is 8.32 Å². The maximum absolute atomic E-state index is 11.7. The van der Waals surface area contributed by atoms with Crippen LogP contribution in [-0.2, 0) is 9.22 Å². The van der Waals surface area contributed by atoms with E-state index in [1.807, 2.05) is 13.8 Å². The first kappa shape index (κ1) is 17.8. The fourth-order valence-corrected chi connectivity index (χ4v) is 8.75. The summed E-state index contributed by atoms with van der Waals surface area (Å²) in [6.45, 7) is 18.2. The van der Waals surface area contributed by atoms with Crippen LogP contribution < -0.4 is 0 Å². The summed E-state index contributed by atoms with van der Waals surface area (Å²) in [5.74, 6) is 0.354. The van der Waals surface area contributed by atoms with Crippen LogP contribution in [0.5, 0.6) is 0 Å².